The summed E-state index contributed by atoms with van der Waals surface area (Å²) >= 11 is 0. The Morgan fingerprint density at radius 2 is 1.90 bits per heavy atom. The second-order valence-corrected chi connectivity index (χ2v) is 4.90. The van der Waals surface area contributed by atoms with Crippen molar-refractivity contribution in [2.24, 2.45) is 0 Å². The Morgan fingerprint density at radius 1 is 1.15 bits per heavy atom. The molecule has 102 valence electrons. The van der Waals surface area contributed by atoms with Gasteiger partial charge in [-0.05, 0) is 24.6 Å². The molecule has 3 rings (SSSR count). The number of ether oxygens (including phenoxy) is 1. The predicted molar refractivity (Wildman–Crippen MR) is 81.0 cm³/mol. The lowest BCUT2D eigenvalue weighted by Crippen LogP contribution is -2.04. The van der Waals surface area contributed by atoms with Crippen molar-refractivity contribution in [3.8, 4) is 5.75 Å². The van der Waals surface area contributed by atoms with E-state index in [0.717, 1.165) is 16.8 Å². The van der Waals surface area contributed by atoms with Crippen LogP contribution in [0.5, 0.6) is 5.75 Å². The molecule has 1 aromatic heterocycles. The number of hydrogen-bond donors (Lipinski definition) is 1. The molecule has 4 heteroatoms. The van der Waals surface area contributed by atoms with Crippen LogP contribution < -0.4 is 10.5 Å². The van der Waals surface area contributed by atoms with Gasteiger partial charge in [-0.1, -0.05) is 29.8 Å². The number of nitrogens with zero attached hydrogens (tertiary/aromatic N) is 2. The van der Waals surface area contributed by atoms with Crippen LogP contribution in [0.25, 0.3) is 11.0 Å². The van der Waals surface area contributed by atoms with Crippen molar-refractivity contribution in [1.82, 2.24) is 9.55 Å². The monoisotopic (exact) mass is 267 g/mol. The van der Waals surface area contributed by atoms with Gasteiger partial charge >= 0.3 is 0 Å². The SMILES string of the molecule is COc1ccc2nc(N)n(Cc3ccc(C)cc3)c2c1. The number of nitrogen functional groups attached to an aromatic ring is 1. The van der Waals surface area contributed by atoms with Gasteiger partial charge in [0.2, 0.25) is 5.95 Å². The molecule has 20 heavy (non-hydrogen) atoms. The summed E-state index contributed by atoms with van der Waals surface area (Å²) in [4.78, 5) is 4.39. The van der Waals surface area contributed by atoms with Crippen LogP contribution >= 0.6 is 0 Å². The molecule has 0 unspecified atom stereocenters. The second-order valence-electron chi connectivity index (χ2n) is 4.90. The normalized spacial score (nSPS) is 10.9. The van der Waals surface area contributed by atoms with E-state index in [-0.39, 0.29) is 0 Å². The van der Waals surface area contributed by atoms with Crippen LogP contribution in [-0.2, 0) is 6.54 Å². The van der Waals surface area contributed by atoms with E-state index in [1.54, 1.807) is 7.11 Å². The Labute approximate surface area is 117 Å². The van der Waals surface area contributed by atoms with Gasteiger partial charge in [-0.3, -0.25) is 0 Å². The highest BCUT2D eigenvalue weighted by Gasteiger charge is 2.09. The van der Waals surface area contributed by atoms with Gasteiger partial charge in [0.05, 0.1) is 24.7 Å². The predicted octanol–water partition coefficient (Wildman–Crippen LogP) is 2.98. The first kappa shape index (κ1) is 12.5. The molecule has 0 saturated carbocycles. The molecule has 0 amide bonds. The average molecular weight is 267 g/mol. The minimum absolute atomic E-state index is 0.522. The molecule has 0 aliphatic carbocycles. The third-order valence-electron chi connectivity index (χ3n) is 3.45. The van der Waals surface area contributed by atoms with Crippen molar-refractivity contribution in [2.75, 3.05) is 12.8 Å². The van der Waals surface area contributed by atoms with Gasteiger partial charge in [-0.25, -0.2) is 4.98 Å². The lowest BCUT2D eigenvalue weighted by Gasteiger charge is -2.08. The van der Waals surface area contributed by atoms with E-state index in [9.17, 15) is 0 Å². The summed E-state index contributed by atoms with van der Waals surface area (Å²) < 4.78 is 7.27. The summed E-state index contributed by atoms with van der Waals surface area (Å²) in [5.41, 5.74) is 10.4. The van der Waals surface area contributed by atoms with E-state index in [1.165, 1.54) is 11.1 Å². The van der Waals surface area contributed by atoms with Crippen molar-refractivity contribution in [1.29, 1.82) is 0 Å². The third-order valence-corrected chi connectivity index (χ3v) is 3.45. The standard InChI is InChI=1S/C16H17N3O/c1-11-3-5-12(6-4-11)10-19-15-9-13(20-2)7-8-14(15)18-16(19)17/h3-9H,10H2,1-2H3,(H2,17,18). The number of aryl methyl sites for hydroxylation is 1. The van der Waals surface area contributed by atoms with Gasteiger partial charge in [0, 0.05) is 6.07 Å². The van der Waals surface area contributed by atoms with E-state index in [2.05, 4.69) is 36.2 Å². The highest BCUT2D eigenvalue weighted by Crippen LogP contribution is 2.24. The molecule has 0 fully saturated rings. The van der Waals surface area contributed by atoms with E-state index in [0.29, 0.717) is 12.5 Å². The fourth-order valence-corrected chi connectivity index (χ4v) is 2.29. The number of hydrogen-bond acceptors (Lipinski definition) is 3. The smallest absolute Gasteiger partial charge is 0.201 e. The summed E-state index contributed by atoms with van der Waals surface area (Å²) in [5.74, 6) is 1.33. The molecule has 1 heterocycles. The summed E-state index contributed by atoms with van der Waals surface area (Å²) in [6, 6.07) is 14.2. The minimum Gasteiger partial charge on any atom is -0.497 e. The van der Waals surface area contributed by atoms with E-state index < -0.39 is 0 Å². The fourth-order valence-electron chi connectivity index (χ4n) is 2.29. The zero-order valence-corrected chi connectivity index (χ0v) is 11.6. The van der Waals surface area contributed by atoms with Gasteiger partial charge in [0.15, 0.2) is 0 Å². The number of methoxy groups -OCH3 is 1. The van der Waals surface area contributed by atoms with Gasteiger partial charge in [-0.2, -0.15) is 0 Å². The zero-order valence-electron chi connectivity index (χ0n) is 11.6. The topological polar surface area (TPSA) is 53.1 Å². The Bertz CT molecular complexity index is 744. The van der Waals surface area contributed by atoms with Gasteiger partial charge in [0.25, 0.3) is 0 Å². The van der Waals surface area contributed by atoms with Crippen LogP contribution in [0.2, 0.25) is 0 Å². The van der Waals surface area contributed by atoms with E-state index >= 15 is 0 Å². The van der Waals surface area contributed by atoms with Crippen LogP contribution in [0.3, 0.4) is 0 Å². The Kier molecular flexibility index (Phi) is 3.06. The molecular weight excluding hydrogens is 250 g/mol. The molecule has 0 aliphatic rings. The van der Waals surface area contributed by atoms with Crippen molar-refractivity contribution in [3.63, 3.8) is 0 Å². The summed E-state index contributed by atoms with van der Waals surface area (Å²) in [7, 11) is 1.66. The summed E-state index contributed by atoms with van der Waals surface area (Å²) in [6.45, 7) is 2.78. The highest BCUT2D eigenvalue weighted by atomic mass is 16.5. The van der Waals surface area contributed by atoms with E-state index in [1.807, 2.05) is 22.8 Å². The van der Waals surface area contributed by atoms with Crippen LogP contribution in [0, 0.1) is 6.92 Å². The average Bonchev–Trinajstić information content (AvgIpc) is 2.77. The highest BCUT2D eigenvalue weighted by molar-refractivity contribution is 5.80. The molecule has 2 aromatic carbocycles. The number of fused-ring (bicyclic) bond motifs is 1. The molecule has 0 aliphatic heterocycles. The molecule has 2 N–H and O–H groups in total. The minimum atomic E-state index is 0.522. The molecule has 0 saturated heterocycles. The molecule has 4 nitrogen and oxygen atoms in total. The van der Waals surface area contributed by atoms with E-state index in [4.69, 9.17) is 10.5 Å². The van der Waals surface area contributed by atoms with Gasteiger partial charge in [-0.15, -0.1) is 0 Å². The van der Waals surface area contributed by atoms with Crippen LogP contribution in [-0.4, -0.2) is 16.7 Å². The number of rotatable bonds is 3. The maximum absolute atomic E-state index is 6.03. The zero-order chi connectivity index (χ0) is 14.1. The largest absolute Gasteiger partial charge is 0.497 e. The first-order chi connectivity index (χ1) is 9.67. The Hall–Kier alpha value is -2.49. The van der Waals surface area contributed by atoms with Crippen molar-refractivity contribution in [2.45, 2.75) is 13.5 Å². The van der Waals surface area contributed by atoms with Crippen molar-refractivity contribution in [3.05, 3.63) is 53.6 Å². The maximum Gasteiger partial charge on any atom is 0.201 e. The fraction of sp³-hybridized carbons (Fsp3) is 0.188. The lowest BCUT2D eigenvalue weighted by atomic mass is 10.1. The lowest BCUT2D eigenvalue weighted by molar-refractivity contribution is 0.415. The Morgan fingerprint density at radius 3 is 2.60 bits per heavy atom. The first-order valence-corrected chi connectivity index (χ1v) is 6.52. The quantitative estimate of drug-likeness (QED) is 0.793. The molecule has 0 atom stereocenters. The molecule has 0 spiro atoms. The third kappa shape index (κ3) is 2.20. The number of anilines is 1. The second kappa shape index (κ2) is 4.89. The van der Waals surface area contributed by atoms with Gasteiger partial charge < -0.3 is 15.0 Å². The molecule has 3 aromatic rings. The van der Waals surface area contributed by atoms with Crippen LogP contribution in [0.1, 0.15) is 11.1 Å². The Balaban J connectivity index is 2.05. The number of benzene rings is 2. The van der Waals surface area contributed by atoms with Crippen molar-refractivity contribution < 1.29 is 4.74 Å². The van der Waals surface area contributed by atoms with Crippen LogP contribution in [0.15, 0.2) is 42.5 Å². The maximum atomic E-state index is 6.03. The number of nitrogens with two attached hydrogens (primary N) is 1. The molecule has 0 radical (unpaired) electrons. The molecule has 0 bridgehead atoms. The van der Waals surface area contributed by atoms with Crippen LogP contribution in [0.4, 0.5) is 5.95 Å². The number of aromatic nitrogens is 2. The van der Waals surface area contributed by atoms with Gasteiger partial charge in [0.1, 0.15) is 5.75 Å². The summed E-state index contributed by atoms with van der Waals surface area (Å²) in [6.07, 6.45) is 0. The molecular formula is C16H17N3O. The first-order valence-electron chi connectivity index (χ1n) is 6.52. The number of imidazole rings is 1. The van der Waals surface area contributed by atoms with Crippen molar-refractivity contribution >= 4 is 17.0 Å². The summed E-state index contributed by atoms with van der Waals surface area (Å²) in [5, 5.41) is 0.